The van der Waals surface area contributed by atoms with Gasteiger partial charge in [0.05, 0.1) is 5.56 Å². The summed E-state index contributed by atoms with van der Waals surface area (Å²) in [5, 5.41) is 12.1. The number of hydrogen-bond donors (Lipinski definition) is 1. The van der Waals surface area contributed by atoms with Crippen molar-refractivity contribution in [3.05, 3.63) is 35.1 Å². The molecule has 0 aliphatic heterocycles. The van der Waals surface area contributed by atoms with Crippen LogP contribution >= 0.6 is 0 Å². The molecule has 0 radical (unpaired) electrons. The zero-order valence-electron chi connectivity index (χ0n) is 10.6. The van der Waals surface area contributed by atoms with Crippen molar-refractivity contribution in [2.75, 3.05) is 0 Å². The molecule has 0 spiro atoms. The summed E-state index contributed by atoms with van der Waals surface area (Å²) in [6.07, 6.45) is 1.13. The van der Waals surface area contributed by atoms with Crippen LogP contribution in [0.1, 0.15) is 38.3 Å². The Hall–Kier alpha value is -1.40. The van der Waals surface area contributed by atoms with Gasteiger partial charge in [-0.3, -0.25) is 0 Å². The van der Waals surface area contributed by atoms with Crippen molar-refractivity contribution < 1.29 is 4.39 Å². The smallest absolute Gasteiger partial charge is 0.140 e. The molecule has 3 heteroatoms. The number of nitrogens with zero attached hydrogens (tertiary/aromatic N) is 1. The zero-order valence-corrected chi connectivity index (χ0v) is 10.6. The highest BCUT2D eigenvalue weighted by Gasteiger charge is 2.09. The highest BCUT2D eigenvalue weighted by atomic mass is 19.1. The lowest BCUT2D eigenvalue weighted by atomic mass is 10.0. The van der Waals surface area contributed by atoms with Gasteiger partial charge in [0.25, 0.3) is 0 Å². The first kappa shape index (κ1) is 13.7. The molecule has 0 aliphatic rings. The first-order valence-electron chi connectivity index (χ1n) is 6.00. The van der Waals surface area contributed by atoms with Crippen LogP contribution in [0.4, 0.5) is 4.39 Å². The quantitative estimate of drug-likeness (QED) is 0.849. The Bertz CT molecular complexity index is 409. The molecular formula is C14H19FN2. The summed E-state index contributed by atoms with van der Waals surface area (Å²) in [4.78, 5) is 0. The van der Waals surface area contributed by atoms with Gasteiger partial charge in [0.2, 0.25) is 0 Å². The number of halogens is 1. The van der Waals surface area contributed by atoms with E-state index in [0.29, 0.717) is 18.5 Å². The van der Waals surface area contributed by atoms with E-state index in [1.807, 2.05) is 6.07 Å². The van der Waals surface area contributed by atoms with Crippen molar-refractivity contribution >= 4 is 0 Å². The van der Waals surface area contributed by atoms with E-state index < -0.39 is 5.82 Å². The average Bonchev–Trinajstić information content (AvgIpc) is 2.36. The van der Waals surface area contributed by atoms with Gasteiger partial charge >= 0.3 is 0 Å². The molecule has 17 heavy (non-hydrogen) atoms. The Morgan fingerprint density at radius 3 is 2.71 bits per heavy atom. The summed E-state index contributed by atoms with van der Waals surface area (Å²) in [6.45, 7) is 7.17. The Morgan fingerprint density at radius 1 is 1.41 bits per heavy atom. The fraction of sp³-hybridized carbons (Fsp3) is 0.500. The van der Waals surface area contributed by atoms with Crippen LogP contribution in [-0.2, 0) is 6.54 Å². The molecule has 0 saturated heterocycles. The van der Waals surface area contributed by atoms with Crippen LogP contribution in [0.15, 0.2) is 18.2 Å². The number of hydrogen-bond acceptors (Lipinski definition) is 2. The number of nitriles is 1. The number of rotatable bonds is 5. The van der Waals surface area contributed by atoms with Crippen LogP contribution in [-0.4, -0.2) is 6.04 Å². The van der Waals surface area contributed by atoms with E-state index in [1.165, 1.54) is 6.07 Å². The highest BCUT2D eigenvalue weighted by molar-refractivity contribution is 5.34. The van der Waals surface area contributed by atoms with Gasteiger partial charge in [0.1, 0.15) is 11.9 Å². The van der Waals surface area contributed by atoms with E-state index in [1.54, 1.807) is 12.1 Å². The summed E-state index contributed by atoms with van der Waals surface area (Å²) in [6, 6.07) is 6.94. The van der Waals surface area contributed by atoms with E-state index >= 15 is 0 Å². The molecule has 0 saturated carbocycles. The maximum atomic E-state index is 13.1. The predicted octanol–water partition coefficient (Wildman–Crippen LogP) is 3.22. The molecule has 92 valence electrons. The van der Waals surface area contributed by atoms with Crippen LogP contribution in [0.2, 0.25) is 0 Å². The van der Waals surface area contributed by atoms with Crippen molar-refractivity contribution in [2.24, 2.45) is 5.92 Å². The molecule has 1 aromatic carbocycles. The maximum Gasteiger partial charge on any atom is 0.140 e. The van der Waals surface area contributed by atoms with Crippen molar-refractivity contribution in [3.8, 4) is 6.07 Å². The summed E-state index contributed by atoms with van der Waals surface area (Å²) < 4.78 is 13.1. The molecule has 2 atom stereocenters. The van der Waals surface area contributed by atoms with Crippen LogP contribution in [0.5, 0.6) is 0 Å². The normalized spacial score (nSPS) is 14.1. The van der Waals surface area contributed by atoms with Gasteiger partial charge in [-0.05, 0) is 30.5 Å². The molecule has 0 aromatic heterocycles. The minimum absolute atomic E-state index is 0.112. The fourth-order valence-corrected chi connectivity index (χ4v) is 1.60. The first-order chi connectivity index (χ1) is 8.08. The maximum absolute atomic E-state index is 13.1. The predicted molar refractivity (Wildman–Crippen MR) is 66.9 cm³/mol. The molecule has 1 N–H and O–H groups in total. The average molecular weight is 234 g/mol. The number of nitrogens with one attached hydrogen (secondary N) is 1. The van der Waals surface area contributed by atoms with Crippen LogP contribution in [0.3, 0.4) is 0 Å². The van der Waals surface area contributed by atoms with Crippen molar-refractivity contribution in [2.45, 2.75) is 39.8 Å². The summed E-state index contributed by atoms with van der Waals surface area (Å²) >= 11 is 0. The van der Waals surface area contributed by atoms with E-state index in [9.17, 15) is 4.39 Å². The molecular weight excluding hydrogens is 215 g/mol. The third-order valence-corrected chi connectivity index (χ3v) is 3.28. The number of benzene rings is 1. The van der Waals surface area contributed by atoms with Gasteiger partial charge in [-0.1, -0.05) is 26.3 Å². The molecule has 0 heterocycles. The lowest BCUT2D eigenvalue weighted by Crippen LogP contribution is -2.31. The Morgan fingerprint density at radius 2 is 2.12 bits per heavy atom. The summed E-state index contributed by atoms with van der Waals surface area (Å²) in [5.74, 6) is 0.150. The summed E-state index contributed by atoms with van der Waals surface area (Å²) in [7, 11) is 0. The second kappa shape index (κ2) is 6.36. The van der Waals surface area contributed by atoms with Crippen LogP contribution in [0.25, 0.3) is 0 Å². The van der Waals surface area contributed by atoms with E-state index in [4.69, 9.17) is 5.26 Å². The van der Waals surface area contributed by atoms with E-state index in [0.717, 1.165) is 12.0 Å². The monoisotopic (exact) mass is 234 g/mol. The van der Waals surface area contributed by atoms with Gasteiger partial charge in [-0.2, -0.15) is 5.26 Å². The van der Waals surface area contributed by atoms with Gasteiger partial charge in [-0.25, -0.2) is 4.39 Å². The summed E-state index contributed by atoms with van der Waals surface area (Å²) in [5.41, 5.74) is 1.05. The fourth-order valence-electron chi connectivity index (χ4n) is 1.60. The topological polar surface area (TPSA) is 35.8 Å². The zero-order chi connectivity index (χ0) is 12.8. The minimum atomic E-state index is -0.453. The van der Waals surface area contributed by atoms with Gasteiger partial charge in [-0.15, -0.1) is 0 Å². The van der Waals surface area contributed by atoms with Crippen molar-refractivity contribution in [3.63, 3.8) is 0 Å². The molecule has 2 unspecified atom stereocenters. The van der Waals surface area contributed by atoms with Crippen molar-refractivity contribution in [1.82, 2.24) is 5.32 Å². The van der Waals surface area contributed by atoms with Gasteiger partial charge in [0, 0.05) is 12.6 Å². The molecule has 0 aliphatic carbocycles. The van der Waals surface area contributed by atoms with E-state index in [-0.39, 0.29) is 5.56 Å². The van der Waals surface area contributed by atoms with Crippen LogP contribution in [0, 0.1) is 23.1 Å². The Labute approximate surface area is 102 Å². The van der Waals surface area contributed by atoms with Crippen molar-refractivity contribution in [1.29, 1.82) is 5.26 Å². The van der Waals surface area contributed by atoms with Gasteiger partial charge < -0.3 is 5.32 Å². The lowest BCUT2D eigenvalue weighted by Gasteiger charge is -2.20. The Balaban J connectivity index is 2.61. The van der Waals surface area contributed by atoms with Gasteiger partial charge in [0.15, 0.2) is 0 Å². The minimum Gasteiger partial charge on any atom is -0.310 e. The molecule has 0 amide bonds. The third kappa shape index (κ3) is 3.83. The molecule has 1 aromatic rings. The first-order valence-corrected chi connectivity index (χ1v) is 6.00. The standard InChI is InChI=1S/C14H19FN2/c1-4-10(2)11(3)17-9-12-5-6-14(15)13(7-12)8-16/h5-7,10-11,17H,4,9H2,1-3H3. The largest absolute Gasteiger partial charge is 0.310 e. The van der Waals surface area contributed by atoms with Crippen LogP contribution < -0.4 is 5.32 Å². The SMILES string of the molecule is CCC(C)C(C)NCc1ccc(F)c(C#N)c1. The molecule has 2 nitrogen and oxygen atoms in total. The molecule has 0 bridgehead atoms. The molecule has 1 rings (SSSR count). The molecule has 0 fully saturated rings. The lowest BCUT2D eigenvalue weighted by molar-refractivity contribution is 0.389. The second-order valence-electron chi connectivity index (χ2n) is 4.48. The highest BCUT2D eigenvalue weighted by Crippen LogP contribution is 2.11. The Kier molecular flexibility index (Phi) is 5.11. The third-order valence-electron chi connectivity index (χ3n) is 3.28. The van der Waals surface area contributed by atoms with E-state index in [2.05, 4.69) is 26.1 Å². The second-order valence-corrected chi connectivity index (χ2v) is 4.48.